The summed E-state index contributed by atoms with van der Waals surface area (Å²) in [6, 6.07) is -0.317. The first-order valence-electron chi connectivity index (χ1n) is 7.03. The van der Waals surface area contributed by atoms with Crippen LogP contribution in [0.4, 0.5) is 0 Å². The number of nitrogens with two attached hydrogens (primary N) is 1. The van der Waals surface area contributed by atoms with Gasteiger partial charge in [-0.3, -0.25) is 0 Å². The first-order valence-corrected chi connectivity index (χ1v) is 8.47. The zero-order valence-corrected chi connectivity index (χ0v) is 12.6. The van der Waals surface area contributed by atoms with Gasteiger partial charge in [0.25, 0.3) is 10.2 Å². The monoisotopic (exact) mass is 301 g/mol. The summed E-state index contributed by atoms with van der Waals surface area (Å²) in [7, 11) is -3.47. The van der Waals surface area contributed by atoms with Crippen LogP contribution >= 0.6 is 0 Å². The third-order valence-corrected chi connectivity index (χ3v) is 5.42. The molecule has 7 nitrogen and oxygen atoms in total. The van der Waals surface area contributed by atoms with Gasteiger partial charge >= 0.3 is 0 Å². The van der Waals surface area contributed by atoms with Crippen molar-refractivity contribution in [3.8, 4) is 0 Å². The normalized spacial score (nSPS) is 20.1. The van der Waals surface area contributed by atoms with E-state index in [1.54, 1.807) is 12.4 Å². The molecular formula is C12H23N5O2S. The molecule has 20 heavy (non-hydrogen) atoms. The van der Waals surface area contributed by atoms with Crippen molar-refractivity contribution in [3.05, 3.63) is 18.2 Å². The average molecular weight is 301 g/mol. The van der Waals surface area contributed by atoms with Crippen LogP contribution in [0.5, 0.6) is 0 Å². The number of rotatable bonds is 6. The van der Waals surface area contributed by atoms with Gasteiger partial charge in [-0.25, -0.2) is 4.98 Å². The van der Waals surface area contributed by atoms with Crippen molar-refractivity contribution >= 4 is 10.2 Å². The molecule has 1 aromatic rings. The molecule has 1 fully saturated rings. The maximum Gasteiger partial charge on any atom is 0.280 e. The Morgan fingerprint density at radius 3 is 2.75 bits per heavy atom. The molecule has 0 saturated carbocycles. The summed E-state index contributed by atoms with van der Waals surface area (Å²) in [6.07, 6.45) is 5.62. The van der Waals surface area contributed by atoms with Crippen LogP contribution in [0.3, 0.4) is 0 Å². The van der Waals surface area contributed by atoms with E-state index in [1.807, 2.05) is 6.92 Å². The van der Waals surface area contributed by atoms with Crippen LogP contribution < -0.4 is 10.5 Å². The van der Waals surface area contributed by atoms with Crippen molar-refractivity contribution in [2.24, 2.45) is 11.7 Å². The second-order valence-corrected chi connectivity index (χ2v) is 6.84. The van der Waals surface area contributed by atoms with E-state index in [-0.39, 0.29) is 6.04 Å². The van der Waals surface area contributed by atoms with Crippen LogP contribution in [-0.4, -0.2) is 42.3 Å². The molecule has 114 valence electrons. The second kappa shape index (κ2) is 6.66. The standard InChI is InChI=1S/C12H23N5O2S/c1-2-11(12-14-5-6-15-12)16-20(18,19)17-7-3-10(9-13)4-8-17/h5-6,10-11,16H,2-4,7-9,13H2,1H3,(H,14,15). The van der Waals surface area contributed by atoms with Crippen LogP contribution in [0.25, 0.3) is 0 Å². The molecule has 4 N–H and O–H groups in total. The van der Waals surface area contributed by atoms with Gasteiger partial charge in [0, 0.05) is 25.5 Å². The highest BCUT2D eigenvalue weighted by Crippen LogP contribution is 2.20. The molecule has 2 rings (SSSR count). The fraction of sp³-hybridized carbons (Fsp3) is 0.750. The summed E-state index contributed by atoms with van der Waals surface area (Å²) < 4.78 is 29.0. The molecule has 0 radical (unpaired) electrons. The van der Waals surface area contributed by atoms with Crippen LogP contribution in [0.2, 0.25) is 0 Å². The van der Waals surface area contributed by atoms with E-state index in [4.69, 9.17) is 5.73 Å². The topological polar surface area (TPSA) is 104 Å². The number of imidazole rings is 1. The van der Waals surface area contributed by atoms with Gasteiger partial charge in [-0.1, -0.05) is 6.92 Å². The summed E-state index contributed by atoms with van der Waals surface area (Å²) >= 11 is 0. The minimum Gasteiger partial charge on any atom is -0.347 e. The van der Waals surface area contributed by atoms with Gasteiger partial charge in [-0.2, -0.15) is 17.4 Å². The smallest absolute Gasteiger partial charge is 0.280 e. The number of H-pyrrole nitrogens is 1. The summed E-state index contributed by atoms with van der Waals surface area (Å²) in [5.41, 5.74) is 5.63. The van der Waals surface area contributed by atoms with Gasteiger partial charge in [-0.15, -0.1) is 0 Å². The Morgan fingerprint density at radius 2 is 2.25 bits per heavy atom. The molecule has 1 saturated heterocycles. The molecule has 1 atom stereocenters. The molecular weight excluding hydrogens is 278 g/mol. The van der Waals surface area contributed by atoms with Gasteiger partial charge in [0.15, 0.2) is 0 Å². The van der Waals surface area contributed by atoms with Crippen LogP contribution in [0, 0.1) is 5.92 Å². The van der Waals surface area contributed by atoms with Crippen LogP contribution in [0.1, 0.15) is 38.1 Å². The number of aromatic amines is 1. The van der Waals surface area contributed by atoms with Crippen LogP contribution in [-0.2, 0) is 10.2 Å². The maximum atomic E-state index is 12.4. The number of aromatic nitrogens is 2. The lowest BCUT2D eigenvalue weighted by Crippen LogP contribution is -2.46. The van der Waals surface area contributed by atoms with Crippen molar-refractivity contribution < 1.29 is 8.42 Å². The molecule has 1 aliphatic rings. The minimum atomic E-state index is -3.47. The second-order valence-electron chi connectivity index (χ2n) is 5.14. The summed E-state index contributed by atoms with van der Waals surface area (Å²) in [4.78, 5) is 7.08. The molecule has 2 heterocycles. The highest BCUT2D eigenvalue weighted by Gasteiger charge is 2.29. The Morgan fingerprint density at radius 1 is 1.55 bits per heavy atom. The fourth-order valence-electron chi connectivity index (χ4n) is 2.44. The number of hydrogen-bond donors (Lipinski definition) is 3. The molecule has 0 aliphatic carbocycles. The molecule has 0 spiro atoms. The van der Waals surface area contributed by atoms with E-state index in [1.165, 1.54) is 4.31 Å². The van der Waals surface area contributed by atoms with Crippen molar-refractivity contribution in [2.75, 3.05) is 19.6 Å². The van der Waals surface area contributed by atoms with Crippen LogP contribution in [0.15, 0.2) is 12.4 Å². The zero-order chi connectivity index (χ0) is 14.6. The predicted octanol–water partition coefficient (Wildman–Crippen LogP) is 0.366. The summed E-state index contributed by atoms with van der Waals surface area (Å²) in [5.74, 6) is 1.08. The molecule has 1 aromatic heterocycles. The lowest BCUT2D eigenvalue weighted by molar-refractivity contribution is 0.274. The highest BCUT2D eigenvalue weighted by molar-refractivity contribution is 7.87. The van der Waals surface area contributed by atoms with Gasteiger partial charge in [-0.05, 0) is 31.7 Å². The Hall–Kier alpha value is -0.960. The Kier molecular flexibility index (Phi) is 5.14. The third kappa shape index (κ3) is 3.57. The number of piperidine rings is 1. The highest BCUT2D eigenvalue weighted by atomic mass is 32.2. The predicted molar refractivity (Wildman–Crippen MR) is 77.0 cm³/mol. The Labute approximate surface area is 120 Å². The van der Waals surface area contributed by atoms with Crippen molar-refractivity contribution in [3.63, 3.8) is 0 Å². The van der Waals surface area contributed by atoms with Gasteiger partial charge in [0.1, 0.15) is 5.82 Å². The molecule has 1 unspecified atom stereocenters. The van der Waals surface area contributed by atoms with Crippen molar-refractivity contribution in [1.29, 1.82) is 0 Å². The number of nitrogens with zero attached hydrogens (tertiary/aromatic N) is 2. The molecule has 1 aliphatic heterocycles. The Balaban J connectivity index is 2.00. The van der Waals surface area contributed by atoms with Crippen molar-refractivity contribution in [1.82, 2.24) is 19.0 Å². The molecule has 8 heteroatoms. The number of nitrogens with one attached hydrogen (secondary N) is 2. The minimum absolute atomic E-state index is 0.317. The molecule has 0 aromatic carbocycles. The lowest BCUT2D eigenvalue weighted by Gasteiger charge is -2.31. The van der Waals surface area contributed by atoms with E-state index < -0.39 is 10.2 Å². The zero-order valence-electron chi connectivity index (χ0n) is 11.7. The SMILES string of the molecule is CCC(NS(=O)(=O)N1CCC(CN)CC1)c1ncc[nH]1. The average Bonchev–Trinajstić information content (AvgIpc) is 2.99. The quantitative estimate of drug-likeness (QED) is 0.706. The summed E-state index contributed by atoms with van der Waals surface area (Å²) in [6.45, 7) is 3.62. The molecule has 0 amide bonds. The van der Waals surface area contributed by atoms with E-state index >= 15 is 0 Å². The fourth-order valence-corrected chi connectivity index (χ4v) is 3.92. The summed E-state index contributed by atoms with van der Waals surface area (Å²) in [5, 5.41) is 0. The lowest BCUT2D eigenvalue weighted by atomic mass is 9.99. The van der Waals surface area contributed by atoms with Gasteiger partial charge < -0.3 is 10.7 Å². The van der Waals surface area contributed by atoms with E-state index in [2.05, 4.69) is 14.7 Å². The van der Waals surface area contributed by atoms with E-state index in [0.29, 0.717) is 37.8 Å². The maximum absolute atomic E-state index is 12.4. The van der Waals surface area contributed by atoms with Gasteiger partial charge in [0.2, 0.25) is 0 Å². The van der Waals surface area contributed by atoms with Gasteiger partial charge in [0.05, 0.1) is 6.04 Å². The molecule has 0 bridgehead atoms. The number of hydrogen-bond acceptors (Lipinski definition) is 4. The van der Waals surface area contributed by atoms with Crippen molar-refractivity contribution in [2.45, 2.75) is 32.2 Å². The first kappa shape index (κ1) is 15.4. The third-order valence-electron chi connectivity index (χ3n) is 3.80. The van der Waals surface area contributed by atoms with E-state index in [9.17, 15) is 8.42 Å². The largest absolute Gasteiger partial charge is 0.347 e. The Bertz CT molecular complexity index is 494. The van der Waals surface area contributed by atoms with E-state index in [0.717, 1.165) is 12.8 Å². The first-order chi connectivity index (χ1) is 9.56.